The lowest BCUT2D eigenvalue weighted by atomic mass is 10.0. The van der Waals surface area contributed by atoms with Crippen molar-refractivity contribution in [2.75, 3.05) is 16.2 Å². The Kier molecular flexibility index (Phi) is 4.49. The summed E-state index contributed by atoms with van der Waals surface area (Å²) in [5, 5.41) is 2.74. The van der Waals surface area contributed by atoms with Crippen molar-refractivity contribution in [3.63, 3.8) is 0 Å². The molecule has 0 bridgehead atoms. The molecule has 4 rings (SSSR count). The predicted molar refractivity (Wildman–Crippen MR) is 109 cm³/mol. The molecule has 0 aliphatic carbocycles. The van der Waals surface area contributed by atoms with Crippen molar-refractivity contribution in [1.82, 2.24) is 0 Å². The molecule has 3 aromatic carbocycles. The number of para-hydroxylation sites is 1. The van der Waals surface area contributed by atoms with Gasteiger partial charge in [-0.3, -0.25) is 9.10 Å². The number of hydrogen-bond donors (Lipinski definition) is 1. The number of fused-ring (bicyclic) bond motifs is 3. The maximum Gasteiger partial charge on any atom is 0.265 e. The average Bonchev–Trinajstić information content (AvgIpc) is 2.67. The molecule has 136 valence electrons. The van der Waals surface area contributed by atoms with Crippen LogP contribution in [0.25, 0.3) is 11.1 Å². The smallest absolute Gasteiger partial charge is 0.265 e. The largest absolute Gasteiger partial charge is 0.325 e. The summed E-state index contributed by atoms with van der Waals surface area (Å²) in [7, 11) is -3.83. The highest BCUT2D eigenvalue weighted by atomic mass is 79.9. The topological polar surface area (TPSA) is 66.5 Å². The first-order chi connectivity index (χ1) is 13.0. The lowest BCUT2D eigenvalue weighted by Crippen LogP contribution is -2.40. The Morgan fingerprint density at radius 2 is 1.52 bits per heavy atom. The van der Waals surface area contributed by atoms with E-state index in [1.54, 1.807) is 60.7 Å². The Bertz CT molecular complexity index is 1130. The molecule has 27 heavy (non-hydrogen) atoms. The van der Waals surface area contributed by atoms with Gasteiger partial charge in [-0.15, -0.1) is 0 Å². The molecule has 0 atom stereocenters. The minimum Gasteiger partial charge on any atom is -0.325 e. The first-order valence-corrected chi connectivity index (χ1v) is 10.5. The molecule has 0 spiro atoms. The fourth-order valence-corrected chi connectivity index (χ4v) is 5.03. The number of benzene rings is 3. The number of nitrogens with one attached hydrogen (secondary N) is 1. The zero-order valence-electron chi connectivity index (χ0n) is 14.1. The summed E-state index contributed by atoms with van der Waals surface area (Å²) in [4.78, 5) is 12.8. The van der Waals surface area contributed by atoms with Crippen LogP contribution in [-0.4, -0.2) is 20.9 Å². The predicted octanol–water partition coefficient (Wildman–Crippen LogP) is 4.26. The Labute approximate surface area is 165 Å². The first kappa shape index (κ1) is 17.8. The van der Waals surface area contributed by atoms with E-state index in [0.717, 1.165) is 10.0 Å². The van der Waals surface area contributed by atoms with Crippen molar-refractivity contribution in [3.8, 4) is 11.1 Å². The molecule has 0 fully saturated rings. The number of carbonyl (C=O) groups is 1. The zero-order valence-corrected chi connectivity index (χ0v) is 16.5. The van der Waals surface area contributed by atoms with Crippen molar-refractivity contribution in [1.29, 1.82) is 0 Å². The van der Waals surface area contributed by atoms with Gasteiger partial charge in [0.2, 0.25) is 5.91 Å². The lowest BCUT2D eigenvalue weighted by Gasteiger charge is -2.31. The van der Waals surface area contributed by atoms with Gasteiger partial charge in [-0.25, -0.2) is 8.42 Å². The van der Waals surface area contributed by atoms with Crippen LogP contribution in [0.15, 0.2) is 82.2 Å². The van der Waals surface area contributed by atoms with Crippen molar-refractivity contribution >= 4 is 43.2 Å². The van der Waals surface area contributed by atoms with E-state index in [-0.39, 0.29) is 11.4 Å². The van der Waals surface area contributed by atoms with E-state index in [9.17, 15) is 13.2 Å². The number of nitrogens with zero attached hydrogens (tertiary/aromatic N) is 1. The molecule has 1 aliphatic heterocycles. The second-order valence-electron chi connectivity index (χ2n) is 6.08. The second kappa shape index (κ2) is 6.83. The Morgan fingerprint density at radius 1 is 0.889 bits per heavy atom. The molecule has 3 aromatic rings. The molecule has 7 heteroatoms. The molecule has 0 radical (unpaired) electrons. The van der Waals surface area contributed by atoms with Gasteiger partial charge in [-0.05, 0) is 36.4 Å². The van der Waals surface area contributed by atoms with Gasteiger partial charge < -0.3 is 5.32 Å². The lowest BCUT2D eigenvalue weighted by molar-refractivity contribution is -0.114. The highest BCUT2D eigenvalue weighted by molar-refractivity contribution is 9.10. The minimum atomic E-state index is -3.83. The Morgan fingerprint density at radius 3 is 2.26 bits per heavy atom. The van der Waals surface area contributed by atoms with Crippen LogP contribution in [0.3, 0.4) is 0 Å². The summed E-state index contributed by atoms with van der Waals surface area (Å²) < 4.78 is 28.3. The van der Waals surface area contributed by atoms with Crippen LogP contribution in [0.2, 0.25) is 0 Å². The molecular formula is C20H15BrN2O3S. The van der Waals surface area contributed by atoms with Crippen LogP contribution in [0, 0.1) is 0 Å². The van der Waals surface area contributed by atoms with Crippen LogP contribution in [0.1, 0.15) is 0 Å². The third-order valence-corrected chi connectivity index (χ3v) is 6.68. The first-order valence-electron chi connectivity index (χ1n) is 8.23. The molecule has 0 unspecified atom stereocenters. The van der Waals surface area contributed by atoms with Crippen LogP contribution >= 0.6 is 15.9 Å². The zero-order chi connectivity index (χ0) is 19.0. The van der Waals surface area contributed by atoms with Crippen LogP contribution in [-0.2, 0) is 14.8 Å². The van der Waals surface area contributed by atoms with E-state index in [4.69, 9.17) is 0 Å². The Balaban J connectivity index is 1.70. The minimum absolute atomic E-state index is 0.208. The SMILES string of the molecule is O=C(CN1c2ccccc2-c2ccccc2S1(=O)=O)Nc1ccc(Br)cc1. The number of carbonyl (C=O) groups excluding carboxylic acids is 1. The van der Waals surface area contributed by atoms with Gasteiger partial charge in [0.15, 0.2) is 0 Å². The van der Waals surface area contributed by atoms with E-state index in [2.05, 4.69) is 21.2 Å². The maximum atomic E-state index is 13.1. The van der Waals surface area contributed by atoms with Gasteiger partial charge in [0.05, 0.1) is 10.6 Å². The summed E-state index contributed by atoms with van der Waals surface area (Å²) >= 11 is 3.34. The molecule has 1 amide bonds. The van der Waals surface area contributed by atoms with Crippen LogP contribution in [0.4, 0.5) is 11.4 Å². The fraction of sp³-hybridized carbons (Fsp3) is 0.0500. The molecular weight excluding hydrogens is 428 g/mol. The number of halogens is 1. The van der Waals surface area contributed by atoms with E-state index in [1.165, 1.54) is 4.31 Å². The van der Waals surface area contributed by atoms with Gasteiger partial charge in [-0.2, -0.15) is 0 Å². The number of amides is 1. The quantitative estimate of drug-likeness (QED) is 0.658. The molecule has 1 aliphatic rings. The highest BCUT2D eigenvalue weighted by Crippen LogP contribution is 2.42. The van der Waals surface area contributed by atoms with E-state index < -0.39 is 15.9 Å². The van der Waals surface area contributed by atoms with E-state index in [0.29, 0.717) is 16.9 Å². The summed E-state index contributed by atoms with van der Waals surface area (Å²) in [5.41, 5.74) is 2.55. The standard InChI is InChI=1S/C20H15BrN2O3S/c21-14-9-11-15(12-10-14)22-20(24)13-23-18-7-3-1-5-16(18)17-6-2-4-8-19(17)27(23,25)26/h1-12H,13H2,(H,22,24). The molecule has 1 N–H and O–H groups in total. The summed E-state index contributed by atoms with van der Waals surface area (Å²) in [6, 6.07) is 21.1. The van der Waals surface area contributed by atoms with Gasteiger partial charge in [0.25, 0.3) is 10.0 Å². The summed E-state index contributed by atoms with van der Waals surface area (Å²) in [6.45, 7) is -0.302. The van der Waals surface area contributed by atoms with Crippen molar-refractivity contribution in [3.05, 3.63) is 77.3 Å². The molecule has 5 nitrogen and oxygen atoms in total. The fourth-order valence-electron chi connectivity index (χ4n) is 3.12. The van der Waals surface area contributed by atoms with E-state index >= 15 is 0 Å². The summed E-state index contributed by atoms with van der Waals surface area (Å²) in [5.74, 6) is -0.407. The van der Waals surface area contributed by atoms with Gasteiger partial charge in [-0.1, -0.05) is 52.3 Å². The summed E-state index contributed by atoms with van der Waals surface area (Å²) in [6.07, 6.45) is 0. The molecule has 0 saturated heterocycles. The van der Waals surface area contributed by atoms with E-state index in [1.807, 2.05) is 12.1 Å². The number of rotatable bonds is 3. The number of anilines is 2. The van der Waals surface area contributed by atoms with Gasteiger partial charge in [0, 0.05) is 21.3 Å². The van der Waals surface area contributed by atoms with Gasteiger partial charge >= 0.3 is 0 Å². The normalized spacial score (nSPS) is 14.2. The maximum absolute atomic E-state index is 13.1. The monoisotopic (exact) mass is 442 g/mol. The van der Waals surface area contributed by atoms with Crippen molar-refractivity contribution in [2.45, 2.75) is 4.90 Å². The Hall–Kier alpha value is -2.64. The molecule has 0 aromatic heterocycles. The highest BCUT2D eigenvalue weighted by Gasteiger charge is 2.35. The van der Waals surface area contributed by atoms with Crippen molar-refractivity contribution in [2.24, 2.45) is 0 Å². The third kappa shape index (κ3) is 3.24. The third-order valence-electron chi connectivity index (χ3n) is 4.33. The average molecular weight is 443 g/mol. The second-order valence-corrected chi connectivity index (χ2v) is 8.83. The van der Waals surface area contributed by atoms with Crippen LogP contribution in [0.5, 0.6) is 0 Å². The molecule has 0 saturated carbocycles. The van der Waals surface area contributed by atoms with Crippen molar-refractivity contribution < 1.29 is 13.2 Å². The van der Waals surface area contributed by atoms with Crippen LogP contribution < -0.4 is 9.62 Å². The van der Waals surface area contributed by atoms with Gasteiger partial charge in [0.1, 0.15) is 6.54 Å². The number of sulfonamides is 1. The number of hydrogen-bond acceptors (Lipinski definition) is 3. The molecule has 1 heterocycles.